The van der Waals surface area contributed by atoms with E-state index in [0.717, 1.165) is 0 Å². The fourth-order valence-corrected chi connectivity index (χ4v) is 1.73. The molecule has 2 rings (SSSR count). The summed E-state index contributed by atoms with van der Waals surface area (Å²) in [7, 11) is 0. The molecule has 1 aliphatic heterocycles. The Labute approximate surface area is 115 Å². The van der Waals surface area contributed by atoms with Crippen LogP contribution in [-0.4, -0.2) is 41.1 Å². The fraction of sp³-hybridized carbons (Fsp3) is 0.308. The lowest BCUT2D eigenvalue weighted by Crippen LogP contribution is -2.43. The van der Waals surface area contributed by atoms with Gasteiger partial charge >= 0.3 is 5.97 Å². The summed E-state index contributed by atoms with van der Waals surface area (Å²) in [5.74, 6) is -0.545. The minimum Gasteiger partial charge on any atom is -0.492 e. The Morgan fingerprint density at radius 2 is 2.00 bits per heavy atom. The molecule has 1 heterocycles. The molecule has 0 aromatic heterocycles. The summed E-state index contributed by atoms with van der Waals surface area (Å²) in [4.78, 5) is 11.7. The number of aliphatic hydroxyl groups is 2. The van der Waals surface area contributed by atoms with Gasteiger partial charge in [0, 0.05) is 5.02 Å². The highest BCUT2D eigenvalue weighted by Crippen LogP contribution is 2.14. The monoisotopic (exact) mass is 284 g/mol. The number of halogens is 1. The van der Waals surface area contributed by atoms with Gasteiger partial charge in [-0.1, -0.05) is 11.6 Å². The van der Waals surface area contributed by atoms with Crippen molar-refractivity contribution in [1.29, 1.82) is 0 Å². The van der Waals surface area contributed by atoms with Crippen molar-refractivity contribution in [3.8, 4) is 0 Å². The van der Waals surface area contributed by atoms with Crippen molar-refractivity contribution in [2.75, 3.05) is 6.61 Å². The Morgan fingerprint density at radius 1 is 1.32 bits per heavy atom. The van der Waals surface area contributed by atoms with Gasteiger partial charge in [-0.2, -0.15) is 0 Å². The van der Waals surface area contributed by atoms with E-state index in [2.05, 4.69) is 0 Å². The number of ether oxygens (including phenoxy) is 2. The van der Waals surface area contributed by atoms with Gasteiger partial charge in [0.2, 0.25) is 0 Å². The van der Waals surface area contributed by atoms with Gasteiger partial charge in [-0.05, 0) is 30.3 Å². The summed E-state index contributed by atoms with van der Waals surface area (Å²) < 4.78 is 10.1. The zero-order chi connectivity index (χ0) is 13.8. The first kappa shape index (κ1) is 13.9. The number of benzene rings is 1. The highest BCUT2D eigenvalue weighted by atomic mass is 35.5. The maximum atomic E-state index is 11.7. The number of hydrogen-bond acceptors (Lipinski definition) is 5. The minimum absolute atomic E-state index is 0.149. The first-order chi connectivity index (χ1) is 9.08. The first-order valence-corrected chi connectivity index (χ1v) is 6.06. The lowest BCUT2D eigenvalue weighted by molar-refractivity contribution is -0.0844. The number of carbonyl (C=O) groups excluding carboxylic acids is 1. The third kappa shape index (κ3) is 3.47. The van der Waals surface area contributed by atoms with Crippen LogP contribution in [0.1, 0.15) is 10.4 Å². The van der Waals surface area contributed by atoms with Gasteiger partial charge in [0.15, 0.2) is 6.10 Å². The molecule has 1 aliphatic rings. The van der Waals surface area contributed by atoms with Crippen LogP contribution in [0.15, 0.2) is 36.6 Å². The van der Waals surface area contributed by atoms with E-state index in [-0.39, 0.29) is 6.61 Å². The van der Waals surface area contributed by atoms with Crippen LogP contribution in [0.3, 0.4) is 0 Å². The Hall–Kier alpha value is -1.56. The first-order valence-electron chi connectivity index (χ1n) is 5.69. The quantitative estimate of drug-likeness (QED) is 0.814. The molecule has 0 bridgehead atoms. The summed E-state index contributed by atoms with van der Waals surface area (Å²) in [6.07, 6.45) is -0.326. The van der Waals surface area contributed by atoms with Gasteiger partial charge < -0.3 is 19.7 Å². The van der Waals surface area contributed by atoms with E-state index in [1.54, 1.807) is 12.1 Å². The Balaban J connectivity index is 1.90. The molecule has 5 nitrogen and oxygen atoms in total. The van der Waals surface area contributed by atoms with E-state index in [1.807, 2.05) is 0 Å². The molecule has 2 N–H and O–H groups in total. The number of esters is 1. The summed E-state index contributed by atoms with van der Waals surface area (Å²) in [6.45, 7) is -0.149. The molecule has 0 radical (unpaired) electrons. The molecule has 0 saturated heterocycles. The molecule has 0 amide bonds. The normalized spacial score (nSPS) is 25.7. The van der Waals surface area contributed by atoms with Crippen LogP contribution in [0.2, 0.25) is 5.02 Å². The highest BCUT2D eigenvalue weighted by Gasteiger charge is 2.30. The van der Waals surface area contributed by atoms with Crippen LogP contribution < -0.4 is 0 Å². The second-order valence-corrected chi connectivity index (χ2v) is 4.53. The SMILES string of the molecule is O=C(OC[C@H]1OC=C[C@@H](O)[C@@H]1O)c1ccc(Cl)cc1. The number of carbonyl (C=O) groups is 1. The van der Waals surface area contributed by atoms with Crippen LogP contribution in [0.5, 0.6) is 0 Å². The number of hydrogen-bond donors (Lipinski definition) is 2. The van der Waals surface area contributed by atoms with E-state index < -0.39 is 24.3 Å². The topological polar surface area (TPSA) is 76.0 Å². The molecule has 0 unspecified atom stereocenters. The van der Waals surface area contributed by atoms with Crippen molar-refractivity contribution in [1.82, 2.24) is 0 Å². The predicted octanol–water partition coefficient (Wildman–Crippen LogP) is 1.13. The number of rotatable bonds is 3. The predicted molar refractivity (Wildman–Crippen MR) is 67.8 cm³/mol. The maximum Gasteiger partial charge on any atom is 0.338 e. The van der Waals surface area contributed by atoms with Crippen LogP contribution in [0.4, 0.5) is 0 Å². The molecule has 0 saturated carbocycles. The zero-order valence-electron chi connectivity index (χ0n) is 9.90. The van der Waals surface area contributed by atoms with Gasteiger partial charge in [-0.15, -0.1) is 0 Å². The molecular weight excluding hydrogens is 272 g/mol. The van der Waals surface area contributed by atoms with E-state index in [4.69, 9.17) is 21.1 Å². The molecule has 0 spiro atoms. The molecule has 1 aromatic carbocycles. The average Bonchev–Trinajstić information content (AvgIpc) is 2.41. The van der Waals surface area contributed by atoms with Crippen LogP contribution in [0.25, 0.3) is 0 Å². The van der Waals surface area contributed by atoms with Crippen molar-refractivity contribution >= 4 is 17.6 Å². The van der Waals surface area contributed by atoms with Crippen molar-refractivity contribution < 1.29 is 24.5 Å². The van der Waals surface area contributed by atoms with Gasteiger partial charge in [-0.3, -0.25) is 0 Å². The lowest BCUT2D eigenvalue weighted by atomic mass is 10.1. The lowest BCUT2D eigenvalue weighted by Gasteiger charge is -2.27. The van der Waals surface area contributed by atoms with Gasteiger partial charge in [0.25, 0.3) is 0 Å². The maximum absolute atomic E-state index is 11.7. The minimum atomic E-state index is -1.12. The summed E-state index contributed by atoms with van der Waals surface area (Å²) in [5.41, 5.74) is 0.353. The third-order valence-electron chi connectivity index (χ3n) is 2.72. The van der Waals surface area contributed by atoms with E-state index >= 15 is 0 Å². The van der Waals surface area contributed by atoms with Crippen molar-refractivity contribution in [2.24, 2.45) is 0 Å². The van der Waals surface area contributed by atoms with E-state index in [0.29, 0.717) is 10.6 Å². The van der Waals surface area contributed by atoms with Crippen molar-refractivity contribution in [3.63, 3.8) is 0 Å². The highest BCUT2D eigenvalue weighted by molar-refractivity contribution is 6.30. The van der Waals surface area contributed by atoms with Crippen molar-refractivity contribution in [3.05, 3.63) is 47.2 Å². The largest absolute Gasteiger partial charge is 0.492 e. The van der Waals surface area contributed by atoms with Gasteiger partial charge in [0.1, 0.15) is 18.8 Å². The van der Waals surface area contributed by atoms with E-state index in [1.165, 1.54) is 24.5 Å². The average molecular weight is 285 g/mol. The second kappa shape index (κ2) is 6.06. The van der Waals surface area contributed by atoms with Gasteiger partial charge in [-0.25, -0.2) is 4.79 Å². The Bertz CT molecular complexity index is 470. The zero-order valence-corrected chi connectivity index (χ0v) is 10.7. The molecule has 19 heavy (non-hydrogen) atoms. The molecule has 102 valence electrons. The molecule has 6 heteroatoms. The molecular formula is C13H13ClO5. The Kier molecular flexibility index (Phi) is 4.42. The van der Waals surface area contributed by atoms with Gasteiger partial charge in [0.05, 0.1) is 11.8 Å². The fourth-order valence-electron chi connectivity index (χ4n) is 1.61. The van der Waals surface area contributed by atoms with Crippen LogP contribution in [0, 0.1) is 0 Å². The summed E-state index contributed by atoms with van der Waals surface area (Å²) in [5, 5.41) is 19.5. The van der Waals surface area contributed by atoms with E-state index in [9.17, 15) is 15.0 Å². The smallest absolute Gasteiger partial charge is 0.338 e. The van der Waals surface area contributed by atoms with Crippen LogP contribution >= 0.6 is 11.6 Å². The molecule has 3 atom stereocenters. The summed E-state index contributed by atoms with van der Waals surface area (Å²) in [6, 6.07) is 6.24. The standard InChI is InChI=1S/C13H13ClO5/c14-9-3-1-8(2-4-9)13(17)19-7-11-12(16)10(15)5-6-18-11/h1-6,10-12,15-16H,7H2/t10-,11-,12+/m1/s1. The molecule has 0 aliphatic carbocycles. The number of aliphatic hydroxyl groups excluding tert-OH is 2. The second-order valence-electron chi connectivity index (χ2n) is 4.09. The molecule has 0 fully saturated rings. The Morgan fingerprint density at radius 3 is 2.68 bits per heavy atom. The third-order valence-corrected chi connectivity index (χ3v) is 2.97. The van der Waals surface area contributed by atoms with Crippen molar-refractivity contribution in [2.45, 2.75) is 18.3 Å². The summed E-state index contributed by atoms with van der Waals surface area (Å²) >= 11 is 5.71. The molecule has 1 aromatic rings. The van der Waals surface area contributed by atoms with Crippen LogP contribution in [-0.2, 0) is 9.47 Å².